The second-order valence-corrected chi connectivity index (χ2v) is 9.13. The molecule has 3 aromatic rings. The van der Waals surface area contributed by atoms with E-state index in [2.05, 4.69) is 17.2 Å². The van der Waals surface area contributed by atoms with Crippen LogP contribution in [0.1, 0.15) is 22.9 Å². The number of nitrogens with zero attached hydrogens (tertiary/aromatic N) is 2. The maximum absolute atomic E-state index is 14.1. The molecule has 194 valence electrons. The summed E-state index contributed by atoms with van der Waals surface area (Å²) in [6.07, 6.45) is 3.36. The van der Waals surface area contributed by atoms with Crippen LogP contribution in [0.3, 0.4) is 0 Å². The van der Waals surface area contributed by atoms with E-state index in [-0.39, 0.29) is 32.0 Å². The van der Waals surface area contributed by atoms with Gasteiger partial charge in [0.15, 0.2) is 0 Å². The predicted octanol–water partition coefficient (Wildman–Crippen LogP) is 3.70. The first-order valence-electron chi connectivity index (χ1n) is 12.3. The van der Waals surface area contributed by atoms with E-state index in [1.165, 1.54) is 34.3 Å². The Hall–Kier alpha value is -4.66. The van der Waals surface area contributed by atoms with Gasteiger partial charge in [0.25, 0.3) is 5.91 Å². The van der Waals surface area contributed by atoms with E-state index in [0.29, 0.717) is 22.6 Å². The van der Waals surface area contributed by atoms with Crippen LogP contribution in [0.15, 0.2) is 101 Å². The van der Waals surface area contributed by atoms with Gasteiger partial charge in [0, 0.05) is 13.0 Å². The molecule has 2 N–H and O–H groups in total. The summed E-state index contributed by atoms with van der Waals surface area (Å²) in [6, 6.07) is 16.6. The van der Waals surface area contributed by atoms with Gasteiger partial charge in [-0.15, -0.1) is 6.58 Å². The SMILES string of the molecule is C=CCN1C(=O)NC(c2cccc(F)c2)C2=C1CN(C(Cc1ccccc1)C(=O)NCc1ccco1)C2=O. The van der Waals surface area contributed by atoms with E-state index >= 15 is 0 Å². The molecule has 2 aromatic carbocycles. The molecule has 0 saturated carbocycles. The number of rotatable bonds is 9. The van der Waals surface area contributed by atoms with E-state index in [4.69, 9.17) is 4.42 Å². The monoisotopic (exact) mass is 514 g/mol. The molecular weight excluding hydrogens is 487 g/mol. The number of urea groups is 1. The number of hydrogen-bond donors (Lipinski definition) is 2. The fourth-order valence-corrected chi connectivity index (χ4v) is 4.91. The van der Waals surface area contributed by atoms with Gasteiger partial charge in [-0.3, -0.25) is 14.5 Å². The number of nitrogens with one attached hydrogen (secondary N) is 2. The van der Waals surface area contributed by atoms with Crippen molar-refractivity contribution in [2.75, 3.05) is 13.1 Å². The van der Waals surface area contributed by atoms with E-state index in [1.54, 1.807) is 24.3 Å². The maximum Gasteiger partial charge on any atom is 0.322 e. The maximum atomic E-state index is 14.1. The van der Waals surface area contributed by atoms with E-state index in [1.807, 2.05) is 30.3 Å². The van der Waals surface area contributed by atoms with E-state index in [0.717, 1.165) is 5.56 Å². The molecule has 0 saturated heterocycles. The molecule has 0 aliphatic carbocycles. The zero-order valence-electron chi connectivity index (χ0n) is 20.6. The summed E-state index contributed by atoms with van der Waals surface area (Å²) >= 11 is 0. The lowest BCUT2D eigenvalue weighted by Crippen LogP contribution is -2.49. The van der Waals surface area contributed by atoms with Gasteiger partial charge >= 0.3 is 6.03 Å². The Morgan fingerprint density at radius 3 is 2.68 bits per heavy atom. The second-order valence-electron chi connectivity index (χ2n) is 9.13. The average molecular weight is 515 g/mol. The van der Waals surface area contributed by atoms with Crippen LogP contribution in [0.25, 0.3) is 0 Å². The standard InChI is InChI=1S/C29H27FN4O4/c1-2-13-33-24-18-34(28(36)25(24)26(32-29(33)37)20-10-6-11-21(30)16-20)23(15-19-8-4-3-5-9-19)27(35)31-17-22-12-7-14-38-22/h2-12,14,16,23,26H,1,13,15,17-18H2,(H,31,35)(H,32,37). The highest BCUT2D eigenvalue weighted by atomic mass is 19.1. The van der Waals surface area contributed by atoms with E-state index in [9.17, 15) is 18.8 Å². The molecule has 38 heavy (non-hydrogen) atoms. The molecule has 8 nitrogen and oxygen atoms in total. The molecule has 2 unspecified atom stereocenters. The average Bonchev–Trinajstić information content (AvgIpc) is 3.56. The van der Waals surface area contributed by atoms with Crippen molar-refractivity contribution in [1.29, 1.82) is 0 Å². The van der Waals surface area contributed by atoms with Crippen molar-refractivity contribution >= 4 is 17.8 Å². The quantitative estimate of drug-likeness (QED) is 0.426. The molecule has 2 aliphatic heterocycles. The summed E-state index contributed by atoms with van der Waals surface area (Å²) < 4.78 is 19.4. The Labute approximate surface area is 219 Å². The van der Waals surface area contributed by atoms with Crippen LogP contribution in [0.2, 0.25) is 0 Å². The fourth-order valence-electron chi connectivity index (χ4n) is 4.91. The van der Waals surface area contributed by atoms with Crippen molar-refractivity contribution in [3.63, 3.8) is 0 Å². The lowest BCUT2D eigenvalue weighted by molar-refractivity contribution is -0.136. The van der Waals surface area contributed by atoms with Crippen molar-refractivity contribution in [2.24, 2.45) is 0 Å². The van der Waals surface area contributed by atoms with Crippen LogP contribution < -0.4 is 10.6 Å². The molecule has 2 atom stereocenters. The summed E-state index contributed by atoms with van der Waals surface area (Å²) in [7, 11) is 0. The number of hydrogen-bond acceptors (Lipinski definition) is 4. The van der Waals surface area contributed by atoms with Crippen LogP contribution >= 0.6 is 0 Å². The normalized spacial score (nSPS) is 17.8. The van der Waals surface area contributed by atoms with Crippen LogP contribution in [0.4, 0.5) is 9.18 Å². The van der Waals surface area contributed by atoms with Crippen LogP contribution in [-0.2, 0) is 22.6 Å². The topological polar surface area (TPSA) is 94.9 Å². The van der Waals surface area contributed by atoms with Gasteiger partial charge in [-0.1, -0.05) is 48.5 Å². The summed E-state index contributed by atoms with van der Waals surface area (Å²) in [5.74, 6) is -0.637. The van der Waals surface area contributed by atoms with Crippen molar-refractivity contribution < 1.29 is 23.2 Å². The first-order chi connectivity index (χ1) is 18.5. The predicted molar refractivity (Wildman–Crippen MR) is 138 cm³/mol. The third-order valence-corrected chi connectivity index (χ3v) is 6.71. The Morgan fingerprint density at radius 2 is 1.97 bits per heavy atom. The van der Waals surface area contributed by atoms with Crippen molar-refractivity contribution in [3.8, 4) is 0 Å². The lowest BCUT2D eigenvalue weighted by Gasteiger charge is -2.33. The fraction of sp³-hybridized carbons (Fsp3) is 0.207. The first-order valence-corrected chi connectivity index (χ1v) is 12.3. The van der Waals surface area contributed by atoms with Gasteiger partial charge < -0.3 is 20.0 Å². The van der Waals surface area contributed by atoms with Crippen molar-refractivity contribution in [2.45, 2.75) is 25.0 Å². The molecular formula is C29H27FN4O4. The molecule has 2 aliphatic rings. The third kappa shape index (κ3) is 4.95. The number of halogens is 1. The van der Waals surface area contributed by atoms with Crippen molar-refractivity contribution in [1.82, 2.24) is 20.4 Å². The van der Waals surface area contributed by atoms with E-state index < -0.39 is 29.8 Å². The third-order valence-electron chi connectivity index (χ3n) is 6.71. The molecule has 0 fully saturated rings. The first kappa shape index (κ1) is 25.0. The summed E-state index contributed by atoms with van der Waals surface area (Å²) in [4.78, 5) is 43.5. The van der Waals surface area contributed by atoms with Crippen LogP contribution in [0, 0.1) is 5.82 Å². The molecule has 3 heterocycles. The minimum absolute atomic E-state index is 0.0485. The molecule has 1 aromatic heterocycles. The molecule has 0 bridgehead atoms. The van der Waals surface area contributed by atoms with Gasteiger partial charge in [-0.2, -0.15) is 0 Å². The highest BCUT2D eigenvalue weighted by molar-refractivity contribution is 6.03. The van der Waals surface area contributed by atoms with Gasteiger partial charge in [-0.05, 0) is 35.4 Å². The van der Waals surface area contributed by atoms with Gasteiger partial charge in [0.1, 0.15) is 17.6 Å². The summed E-state index contributed by atoms with van der Waals surface area (Å²) in [5, 5.41) is 5.71. The van der Waals surface area contributed by atoms with Crippen LogP contribution in [0.5, 0.6) is 0 Å². The zero-order chi connectivity index (χ0) is 26.6. The highest BCUT2D eigenvalue weighted by Crippen LogP contribution is 2.37. The molecule has 4 amide bonds. The van der Waals surface area contributed by atoms with Gasteiger partial charge in [0.05, 0.1) is 36.7 Å². The number of carbonyl (C=O) groups is 3. The second kappa shape index (κ2) is 10.8. The van der Waals surface area contributed by atoms with Crippen LogP contribution in [-0.4, -0.2) is 46.8 Å². The Bertz CT molecular complexity index is 1390. The molecule has 0 radical (unpaired) electrons. The Morgan fingerprint density at radius 1 is 1.16 bits per heavy atom. The van der Waals surface area contributed by atoms with Gasteiger partial charge in [0.2, 0.25) is 5.91 Å². The minimum Gasteiger partial charge on any atom is -0.467 e. The zero-order valence-corrected chi connectivity index (χ0v) is 20.6. The highest BCUT2D eigenvalue weighted by Gasteiger charge is 2.47. The Balaban J connectivity index is 1.49. The van der Waals surface area contributed by atoms with Gasteiger partial charge in [-0.25, -0.2) is 9.18 Å². The van der Waals surface area contributed by atoms with Crippen molar-refractivity contribution in [3.05, 3.63) is 120 Å². The summed E-state index contributed by atoms with van der Waals surface area (Å²) in [6.45, 7) is 4.13. The minimum atomic E-state index is -0.862. The molecule has 0 spiro atoms. The lowest BCUT2D eigenvalue weighted by atomic mass is 9.95. The smallest absolute Gasteiger partial charge is 0.322 e. The number of benzene rings is 2. The number of amides is 4. The molecule has 9 heteroatoms. The largest absolute Gasteiger partial charge is 0.467 e. The number of carbonyl (C=O) groups excluding carboxylic acids is 3. The summed E-state index contributed by atoms with van der Waals surface area (Å²) in [5.41, 5.74) is 2.11. The Kier molecular flexibility index (Phi) is 7.08. The number of furan rings is 1. The molecule has 5 rings (SSSR count).